The van der Waals surface area contributed by atoms with Gasteiger partial charge in [0.1, 0.15) is 0 Å². The van der Waals surface area contributed by atoms with E-state index in [-0.39, 0.29) is 17.0 Å². The second-order valence-electron chi connectivity index (χ2n) is 8.08. The quantitative estimate of drug-likeness (QED) is 0.408. The molecule has 1 aliphatic rings. The summed E-state index contributed by atoms with van der Waals surface area (Å²) in [6, 6.07) is 14.4. The first kappa shape index (κ1) is 22.7. The largest absolute Gasteiger partial charge is 0.493 e. The van der Waals surface area contributed by atoms with E-state index in [1.807, 2.05) is 24.3 Å². The van der Waals surface area contributed by atoms with Gasteiger partial charge in [-0.3, -0.25) is 4.79 Å². The van der Waals surface area contributed by atoms with Gasteiger partial charge >= 0.3 is 6.18 Å². The fourth-order valence-electron chi connectivity index (χ4n) is 4.31. The third kappa shape index (κ3) is 4.05. The van der Waals surface area contributed by atoms with Crippen LogP contribution in [-0.4, -0.2) is 41.3 Å². The molecular weight excluding hydrogens is 461 g/mol. The molecule has 10 heteroatoms. The van der Waals surface area contributed by atoms with Crippen molar-refractivity contribution in [3.05, 3.63) is 71.5 Å². The molecular formula is C25H21F3N4O3. The zero-order valence-electron chi connectivity index (χ0n) is 19.0. The van der Waals surface area contributed by atoms with Gasteiger partial charge < -0.3 is 14.4 Å². The number of aromatic nitrogens is 3. The Hall–Kier alpha value is -4.08. The summed E-state index contributed by atoms with van der Waals surface area (Å²) in [5, 5.41) is 4.02. The molecule has 35 heavy (non-hydrogen) atoms. The molecule has 4 aromatic rings. The number of para-hydroxylation sites is 1. The molecule has 2 aromatic carbocycles. The highest BCUT2D eigenvalue weighted by Gasteiger charge is 2.36. The molecule has 5 rings (SSSR count). The first-order valence-corrected chi connectivity index (χ1v) is 10.9. The van der Waals surface area contributed by atoms with Crippen LogP contribution in [-0.2, 0) is 12.6 Å². The molecule has 0 saturated carbocycles. The van der Waals surface area contributed by atoms with E-state index in [2.05, 4.69) is 10.1 Å². The van der Waals surface area contributed by atoms with E-state index >= 15 is 0 Å². The van der Waals surface area contributed by atoms with E-state index in [1.54, 1.807) is 23.1 Å². The van der Waals surface area contributed by atoms with Gasteiger partial charge in [-0.05, 0) is 48.7 Å². The number of amides is 1. The maximum Gasteiger partial charge on any atom is 0.433 e. The zero-order valence-corrected chi connectivity index (χ0v) is 19.0. The van der Waals surface area contributed by atoms with Crippen molar-refractivity contribution in [2.24, 2.45) is 0 Å². The zero-order chi connectivity index (χ0) is 24.7. The summed E-state index contributed by atoms with van der Waals surface area (Å²) in [6.07, 6.45) is -3.14. The van der Waals surface area contributed by atoms with Crippen molar-refractivity contribution >= 4 is 17.2 Å². The highest BCUT2D eigenvalue weighted by molar-refractivity contribution is 6.06. The summed E-state index contributed by atoms with van der Waals surface area (Å²) >= 11 is 0. The smallest absolute Gasteiger partial charge is 0.433 e. The topological polar surface area (TPSA) is 69.0 Å². The second kappa shape index (κ2) is 8.61. The molecule has 0 spiro atoms. The van der Waals surface area contributed by atoms with Crippen molar-refractivity contribution < 1.29 is 27.4 Å². The molecule has 1 aliphatic heterocycles. The Balaban J connectivity index is 1.62. The number of halogens is 3. The Kier molecular flexibility index (Phi) is 5.58. The number of carbonyl (C=O) groups is 1. The van der Waals surface area contributed by atoms with Crippen LogP contribution in [0.25, 0.3) is 16.9 Å². The fourth-order valence-corrected chi connectivity index (χ4v) is 4.31. The summed E-state index contributed by atoms with van der Waals surface area (Å²) < 4.78 is 53.2. The number of anilines is 1. The maximum atomic E-state index is 14.0. The number of benzene rings is 2. The second-order valence-corrected chi connectivity index (χ2v) is 8.08. The van der Waals surface area contributed by atoms with E-state index in [0.29, 0.717) is 28.1 Å². The van der Waals surface area contributed by atoms with Gasteiger partial charge in [-0.25, -0.2) is 9.50 Å². The molecule has 1 amide bonds. The van der Waals surface area contributed by atoms with Gasteiger partial charge in [0.25, 0.3) is 5.91 Å². The molecule has 0 atom stereocenters. The minimum atomic E-state index is -4.73. The van der Waals surface area contributed by atoms with Crippen LogP contribution in [0, 0.1) is 0 Å². The van der Waals surface area contributed by atoms with Crippen molar-refractivity contribution in [3.63, 3.8) is 0 Å². The molecule has 2 aromatic heterocycles. The van der Waals surface area contributed by atoms with Crippen LogP contribution in [0.1, 0.15) is 28.2 Å². The number of hydrogen-bond acceptors (Lipinski definition) is 5. The van der Waals surface area contributed by atoms with Gasteiger partial charge in [0.15, 0.2) is 28.5 Å². The first-order chi connectivity index (χ1) is 16.8. The van der Waals surface area contributed by atoms with E-state index < -0.39 is 17.8 Å². The summed E-state index contributed by atoms with van der Waals surface area (Å²) in [7, 11) is 2.90. The average Bonchev–Trinajstić information content (AvgIpc) is 3.30. The summed E-state index contributed by atoms with van der Waals surface area (Å²) in [6.45, 7) is 0.458. The van der Waals surface area contributed by atoms with Crippen LogP contribution < -0.4 is 14.4 Å². The van der Waals surface area contributed by atoms with Crippen molar-refractivity contribution in [2.75, 3.05) is 25.7 Å². The molecule has 0 saturated heterocycles. The molecule has 0 fully saturated rings. The molecule has 0 unspecified atom stereocenters. The predicted molar refractivity (Wildman–Crippen MR) is 123 cm³/mol. The van der Waals surface area contributed by atoms with Crippen molar-refractivity contribution in [3.8, 4) is 22.8 Å². The lowest BCUT2D eigenvalue weighted by molar-refractivity contribution is -0.142. The fraction of sp³-hybridized carbons (Fsp3) is 0.240. The van der Waals surface area contributed by atoms with Crippen LogP contribution in [0.4, 0.5) is 18.9 Å². The number of ether oxygens (including phenoxy) is 2. The number of carbonyl (C=O) groups excluding carboxylic acids is 1. The van der Waals surface area contributed by atoms with Gasteiger partial charge in [0.05, 0.1) is 19.9 Å². The Morgan fingerprint density at radius 1 is 1.00 bits per heavy atom. The first-order valence-electron chi connectivity index (χ1n) is 10.9. The van der Waals surface area contributed by atoms with E-state index in [4.69, 9.17) is 9.47 Å². The van der Waals surface area contributed by atoms with Crippen molar-refractivity contribution in [2.45, 2.75) is 19.0 Å². The Morgan fingerprint density at radius 3 is 2.51 bits per heavy atom. The third-order valence-corrected chi connectivity index (χ3v) is 5.97. The van der Waals surface area contributed by atoms with E-state index in [9.17, 15) is 18.0 Å². The van der Waals surface area contributed by atoms with Crippen LogP contribution in [0.15, 0.2) is 54.6 Å². The van der Waals surface area contributed by atoms with Crippen molar-refractivity contribution in [1.29, 1.82) is 0 Å². The van der Waals surface area contributed by atoms with Gasteiger partial charge in [-0.1, -0.05) is 18.2 Å². The third-order valence-electron chi connectivity index (χ3n) is 5.97. The van der Waals surface area contributed by atoms with Gasteiger partial charge in [0, 0.05) is 23.9 Å². The predicted octanol–water partition coefficient (Wildman–Crippen LogP) is 5.03. The number of aryl methyl sites for hydroxylation is 1. The summed E-state index contributed by atoms with van der Waals surface area (Å²) in [5.74, 6) is 0.323. The lowest BCUT2D eigenvalue weighted by Crippen LogP contribution is -2.35. The molecule has 7 nitrogen and oxygen atoms in total. The highest BCUT2D eigenvalue weighted by atomic mass is 19.4. The number of fused-ring (bicyclic) bond motifs is 2. The molecule has 3 heterocycles. The maximum absolute atomic E-state index is 14.0. The monoisotopic (exact) mass is 482 g/mol. The van der Waals surface area contributed by atoms with Crippen LogP contribution in [0.3, 0.4) is 0 Å². The Morgan fingerprint density at radius 2 is 1.77 bits per heavy atom. The number of nitrogens with zero attached hydrogens (tertiary/aromatic N) is 4. The van der Waals surface area contributed by atoms with E-state index in [1.165, 1.54) is 20.3 Å². The lowest BCUT2D eigenvalue weighted by atomic mass is 10.0. The summed E-state index contributed by atoms with van der Waals surface area (Å²) in [4.78, 5) is 19.2. The number of rotatable bonds is 4. The van der Waals surface area contributed by atoms with Crippen molar-refractivity contribution in [1.82, 2.24) is 14.6 Å². The number of hydrogen-bond donors (Lipinski definition) is 0. The molecule has 0 bridgehead atoms. The Labute approximate surface area is 198 Å². The van der Waals surface area contributed by atoms with Crippen LogP contribution in [0.2, 0.25) is 0 Å². The SMILES string of the molecule is COc1ccc(-c2cc(C(F)(F)F)n3nc(C(=O)N4CCCc5ccccc54)cc3n2)cc1OC. The standard InChI is InChI=1S/C25H21F3N4O3/c1-34-20-10-9-16(12-21(20)35-2)17-13-22(25(26,27)28)32-23(29-17)14-18(30-32)24(33)31-11-5-7-15-6-3-4-8-19(15)31/h3-4,6,8-10,12-14H,5,7,11H2,1-2H3. The van der Waals surface area contributed by atoms with Crippen LogP contribution >= 0.6 is 0 Å². The minimum Gasteiger partial charge on any atom is -0.493 e. The molecule has 180 valence electrons. The van der Waals surface area contributed by atoms with Crippen LogP contribution in [0.5, 0.6) is 11.5 Å². The average molecular weight is 482 g/mol. The number of methoxy groups -OCH3 is 2. The van der Waals surface area contributed by atoms with Gasteiger partial charge in [-0.2, -0.15) is 18.3 Å². The van der Waals surface area contributed by atoms with Gasteiger partial charge in [0.2, 0.25) is 0 Å². The molecule has 0 aliphatic carbocycles. The Bertz CT molecular complexity index is 1430. The number of alkyl halides is 3. The summed E-state index contributed by atoms with van der Waals surface area (Å²) in [5.41, 5.74) is 0.993. The molecule has 0 radical (unpaired) electrons. The van der Waals surface area contributed by atoms with E-state index in [0.717, 1.165) is 30.2 Å². The normalized spacial score (nSPS) is 13.6. The minimum absolute atomic E-state index is 0.0630. The lowest BCUT2D eigenvalue weighted by Gasteiger charge is -2.28. The molecule has 0 N–H and O–H groups in total. The van der Waals surface area contributed by atoms with Gasteiger partial charge in [-0.15, -0.1) is 0 Å². The highest BCUT2D eigenvalue weighted by Crippen LogP contribution is 2.36.